The number of nitro groups is 1. The zero-order chi connectivity index (χ0) is 24.9. The maximum atomic E-state index is 12.6. The van der Waals surface area contributed by atoms with Crippen LogP contribution < -0.4 is 9.47 Å². The predicted molar refractivity (Wildman–Crippen MR) is 135 cm³/mol. The van der Waals surface area contributed by atoms with E-state index in [-0.39, 0.29) is 23.7 Å². The van der Waals surface area contributed by atoms with E-state index in [1.807, 2.05) is 0 Å². The van der Waals surface area contributed by atoms with Gasteiger partial charge in [-0.3, -0.25) is 20.3 Å². The Hall–Kier alpha value is -3.99. The summed E-state index contributed by atoms with van der Waals surface area (Å²) < 4.78 is 11.2. The molecule has 180 valence electrons. The first-order valence-electron chi connectivity index (χ1n) is 10.9. The smallest absolute Gasteiger partial charge is 0.283 e. The predicted octanol–water partition coefficient (Wildman–Crippen LogP) is 4.99. The van der Waals surface area contributed by atoms with Crippen molar-refractivity contribution < 1.29 is 19.2 Å². The number of para-hydroxylation sites is 1. The molecule has 0 bridgehead atoms. The minimum absolute atomic E-state index is 0.0143. The lowest BCUT2D eigenvalue weighted by Crippen LogP contribution is -2.35. The number of aliphatic imine (C=N–C) groups is 1. The maximum Gasteiger partial charge on any atom is 0.283 e. The molecule has 0 saturated carbocycles. The van der Waals surface area contributed by atoms with E-state index in [9.17, 15) is 14.9 Å². The zero-order valence-electron chi connectivity index (χ0n) is 19.2. The third-order valence-electron chi connectivity index (χ3n) is 5.31. The molecule has 0 saturated heterocycles. The van der Waals surface area contributed by atoms with Gasteiger partial charge in [0.1, 0.15) is 11.7 Å². The molecule has 0 aromatic heterocycles. The molecular formula is C24H23N5O5S. The molecule has 1 amide bonds. The molecule has 35 heavy (non-hydrogen) atoms. The van der Waals surface area contributed by atoms with Crippen LogP contribution in [0.1, 0.15) is 37.3 Å². The van der Waals surface area contributed by atoms with E-state index in [2.05, 4.69) is 17.0 Å². The van der Waals surface area contributed by atoms with Crippen molar-refractivity contribution in [3.63, 3.8) is 0 Å². The summed E-state index contributed by atoms with van der Waals surface area (Å²) in [6.45, 7) is 2.08. The van der Waals surface area contributed by atoms with Crippen molar-refractivity contribution >= 4 is 45.5 Å². The maximum absolute atomic E-state index is 12.6. The fourth-order valence-electron chi connectivity index (χ4n) is 3.49. The topological polar surface area (TPSA) is 130 Å². The Kier molecular flexibility index (Phi) is 7.25. The third kappa shape index (κ3) is 5.24. The number of nitro benzene ring substituents is 1. The number of hydrazone groups is 1. The lowest BCUT2D eigenvalue weighted by Gasteiger charge is -2.20. The highest BCUT2D eigenvalue weighted by molar-refractivity contribution is 8.26. The van der Waals surface area contributed by atoms with Gasteiger partial charge < -0.3 is 9.47 Å². The lowest BCUT2D eigenvalue weighted by atomic mass is 10.1. The quantitative estimate of drug-likeness (QED) is 0.296. The van der Waals surface area contributed by atoms with E-state index in [0.717, 1.165) is 24.3 Å². The van der Waals surface area contributed by atoms with Gasteiger partial charge >= 0.3 is 0 Å². The van der Waals surface area contributed by atoms with Crippen molar-refractivity contribution in [2.45, 2.75) is 32.8 Å². The van der Waals surface area contributed by atoms with Crippen LogP contribution in [0, 0.1) is 15.5 Å². The molecule has 2 aromatic rings. The molecule has 0 spiro atoms. The van der Waals surface area contributed by atoms with Crippen LogP contribution in [0.2, 0.25) is 0 Å². The molecule has 0 atom stereocenters. The molecule has 0 aliphatic carbocycles. The van der Waals surface area contributed by atoms with Gasteiger partial charge in [-0.25, -0.2) is 0 Å². The van der Waals surface area contributed by atoms with Crippen LogP contribution >= 0.6 is 11.8 Å². The number of methoxy groups -OCH3 is 1. The van der Waals surface area contributed by atoms with Crippen LogP contribution in [0.4, 0.5) is 5.69 Å². The van der Waals surface area contributed by atoms with Crippen LogP contribution in [0.25, 0.3) is 6.08 Å². The van der Waals surface area contributed by atoms with E-state index in [4.69, 9.17) is 14.9 Å². The van der Waals surface area contributed by atoms with Crippen molar-refractivity contribution in [2.75, 3.05) is 7.11 Å². The standard InChI is InChI=1S/C24H23N5O5S/c1-3-4-9-21-27-28-22(25)17(23(30)26-24(28)35-21)12-15-10-11-19(20(13-15)33-2)34-14-16-7-5-6-8-18(16)29(31)32/h5-8,10-13,25H,3-4,9,14H2,1-2H3/b17-12-,25-22?. The number of benzene rings is 2. The number of hydrogen-bond acceptors (Lipinski definition) is 8. The molecule has 2 aliphatic rings. The average Bonchev–Trinajstić information content (AvgIpc) is 3.27. The molecule has 2 aromatic carbocycles. The molecular weight excluding hydrogens is 470 g/mol. The highest BCUT2D eigenvalue weighted by atomic mass is 32.2. The van der Waals surface area contributed by atoms with Gasteiger partial charge in [-0.2, -0.15) is 15.1 Å². The molecule has 10 nitrogen and oxygen atoms in total. The van der Waals surface area contributed by atoms with Crippen molar-refractivity contribution in [3.8, 4) is 11.5 Å². The van der Waals surface area contributed by atoms with Crippen molar-refractivity contribution in [2.24, 2.45) is 10.1 Å². The van der Waals surface area contributed by atoms with Crippen molar-refractivity contribution in [3.05, 3.63) is 69.3 Å². The van der Waals surface area contributed by atoms with Crippen LogP contribution in [0.3, 0.4) is 0 Å². The summed E-state index contributed by atoms with van der Waals surface area (Å²) in [6.07, 6.45) is 4.34. The van der Waals surface area contributed by atoms with E-state index in [1.165, 1.54) is 29.9 Å². The Morgan fingerprint density at radius 1 is 1.23 bits per heavy atom. The Morgan fingerprint density at radius 3 is 2.77 bits per heavy atom. The Labute approximate surface area is 206 Å². The van der Waals surface area contributed by atoms with Gasteiger partial charge in [-0.05, 0) is 54.4 Å². The second-order valence-corrected chi connectivity index (χ2v) is 8.74. The fourth-order valence-corrected chi connectivity index (χ4v) is 4.41. The first kappa shape index (κ1) is 24.1. The molecule has 2 aliphatic heterocycles. The monoisotopic (exact) mass is 493 g/mol. The zero-order valence-corrected chi connectivity index (χ0v) is 20.0. The van der Waals surface area contributed by atoms with Crippen LogP contribution in [0.5, 0.6) is 11.5 Å². The Balaban J connectivity index is 1.54. The number of nitrogens with zero attached hydrogens (tertiary/aromatic N) is 4. The number of carbonyl (C=O) groups excluding carboxylic acids is 1. The number of amides is 1. The third-order valence-corrected chi connectivity index (χ3v) is 6.28. The molecule has 0 radical (unpaired) electrons. The molecule has 2 heterocycles. The molecule has 11 heteroatoms. The van der Waals surface area contributed by atoms with Gasteiger partial charge in [0.2, 0.25) is 5.17 Å². The van der Waals surface area contributed by atoms with Crippen LogP contribution in [0.15, 0.2) is 58.1 Å². The molecule has 0 fully saturated rings. The summed E-state index contributed by atoms with van der Waals surface area (Å²) in [7, 11) is 1.47. The summed E-state index contributed by atoms with van der Waals surface area (Å²) in [5.41, 5.74) is 1.13. The number of unbranched alkanes of at least 4 members (excludes halogenated alkanes) is 1. The van der Waals surface area contributed by atoms with Gasteiger partial charge in [0.05, 0.1) is 23.2 Å². The summed E-state index contributed by atoms with van der Waals surface area (Å²) >= 11 is 1.32. The summed E-state index contributed by atoms with van der Waals surface area (Å²) in [5, 5.41) is 26.8. The summed E-state index contributed by atoms with van der Waals surface area (Å²) in [6, 6.07) is 11.4. The number of amidine groups is 2. The Bertz CT molecular complexity index is 1290. The van der Waals surface area contributed by atoms with Gasteiger partial charge in [-0.1, -0.05) is 31.5 Å². The number of nitrogens with one attached hydrogen (secondary N) is 1. The van der Waals surface area contributed by atoms with Crippen molar-refractivity contribution in [1.29, 1.82) is 5.41 Å². The van der Waals surface area contributed by atoms with E-state index in [1.54, 1.807) is 42.5 Å². The van der Waals surface area contributed by atoms with E-state index < -0.39 is 10.8 Å². The highest BCUT2D eigenvalue weighted by Gasteiger charge is 2.35. The van der Waals surface area contributed by atoms with Crippen LogP contribution in [-0.4, -0.2) is 39.0 Å². The van der Waals surface area contributed by atoms with Gasteiger partial charge in [0.25, 0.3) is 11.6 Å². The number of ether oxygens (including phenoxy) is 2. The molecule has 0 unspecified atom stereocenters. The van der Waals surface area contributed by atoms with Gasteiger partial charge in [0, 0.05) is 6.07 Å². The normalized spacial score (nSPS) is 16.2. The second kappa shape index (κ2) is 10.5. The van der Waals surface area contributed by atoms with Gasteiger partial charge in [-0.15, -0.1) is 0 Å². The van der Waals surface area contributed by atoms with E-state index in [0.29, 0.717) is 27.8 Å². The first-order valence-corrected chi connectivity index (χ1v) is 11.7. The number of carbonyl (C=O) groups is 1. The summed E-state index contributed by atoms with van der Waals surface area (Å²) in [4.78, 5) is 27.5. The number of rotatable bonds is 9. The molecule has 4 rings (SSSR count). The lowest BCUT2D eigenvalue weighted by molar-refractivity contribution is -0.385. The fraction of sp³-hybridized carbons (Fsp3) is 0.250. The Morgan fingerprint density at radius 2 is 2.03 bits per heavy atom. The summed E-state index contributed by atoms with van der Waals surface area (Å²) in [5.74, 6) is 0.235. The van der Waals surface area contributed by atoms with Crippen molar-refractivity contribution in [1.82, 2.24) is 5.01 Å². The van der Waals surface area contributed by atoms with E-state index >= 15 is 0 Å². The number of thioether (sulfide) groups is 1. The highest BCUT2D eigenvalue weighted by Crippen LogP contribution is 2.33. The average molecular weight is 494 g/mol. The number of fused-ring (bicyclic) bond motifs is 1. The minimum atomic E-state index is -0.503. The SMILES string of the molecule is CCCCC1=NN2C(=N)/C(=C/c3ccc(OCc4ccccc4[N+](=O)[O-])c(OC)c3)C(=O)N=C2S1. The minimum Gasteiger partial charge on any atom is -0.493 e. The van der Waals surface area contributed by atoms with Crippen LogP contribution in [-0.2, 0) is 11.4 Å². The second-order valence-electron chi connectivity index (χ2n) is 7.70. The first-order chi connectivity index (χ1) is 16.9. The number of hydrogen-bond donors (Lipinski definition) is 1. The largest absolute Gasteiger partial charge is 0.493 e. The van der Waals surface area contributed by atoms with Gasteiger partial charge in [0.15, 0.2) is 17.3 Å². The molecule has 1 N–H and O–H groups in total.